The minimum Gasteiger partial charge on any atom is -0.330 e. The van der Waals surface area contributed by atoms with Crippen LogP contribution in [-0.4, -0.2) is 19.0 Å². The summed E-state index contributed by atoms with van der Waals surface area (Å²) in [6.07, 6.45) is 4.88. The Morgan fingerprint density at radius 3 is 2.25 bits per heavy atom. The summed E-state index contributed by atoms with van der Waals surface area (Å²) in [4.78, 5) is 14.7. The molecule has 3 heteroatoms. The number of amides is 1. The Hall–Kier alpha value is -1.35. The summed E-state index contributed by atoms with van der Waals surface area (Å²) < 4.78 is 0. The first-order valence-corrected chi connectivity index (χ1v) is 7.81. The third-order valence-corrected chi connectivity index (χ3v) is 3.54. The number of nitrogens with two attached hydrogens (primary N) is 1. The summed E-state index contributed by atoms with van der Waals surface area (Å²) in [6.45, 7) is 5.61. The first-order chi connectivity index (χ1) is 9.74. The molecular formula is C17H28N2O. The molecule has 0 aromatic heterocycles. The Morgan fingerprint density at radius 2 is 1.75 bits per heavy atom. The van der Waals surface area contributed by atoms with E-state index in [0.29, 0.717) is 13.1 Å². The van der Waals surface area contributed by atoms with Gasteiger partial charge in [0, 0.05) is 18.2 Å². The van der Waals surface area contributed by atoms with Crippen molar-refractivity contribution in [2.45, 2.75) is 46.0 Å². The predicted octanol–water partition coefficient (Wildman–Crippen LogP) is 3.58. The summed E-state index contributed by atoms with van der Waals surface area (Å²) in [5.74, 6) is 0.399. The van der Waals surface area contributed by atoms with Gasteiger partial charge in [0.2, 0.25) is 5.91 Å². The molecule has 0 atom stereocenters. The molecule has 2 N–H and O–H groups in total. The van der Waals surface area contributed by atoms with Gasteiger partial charge >= 0.3 is 0 Å². The molecule has 0 saturated carbocycles. The zero-order chi connectivity index (χ0) is 14.8. The molecule has 3 nitrogen and oxygen atoms in total. The average Bonchev–Trinajstić information content (AvgIpc) is 2.48. The van der Waals surface area contributed by atoms with Gasteiger partial charge in [-0.25, -0.2) is 0 Å². The molecule has 0 unspecified atom stereocenters. The standard InChI is InChI=1S/C17H28N2O/c1-3-9-15(10-4-2)17(20)19(14-8-13-18)16-11-6-5-7-12-16/h5-7,11-12,15H,3-4,8-10,13-14,18H2,1-2H3. The normalized spacial score (nSPS) is 10.8. The number of benzene rings is 1. The molecule has 1 amide bonds. The second-order valence-electron chi connectivity index (χ2n) is 5.24. The number of nitrogens with zero attached hydrogens (tertiary/aromatic N) is 1. The van der Waals surface area contributed by atoms with Crippen LogP contribution in [0.4, 0.5) is 5.69 Å². The number of para-hydroxylation sites is 1. The molecule has 0 saturated heterocycles. The van der Waals surface area contributed by atoms with Crippen LogP contribution < -0.4 is 10.6 Å². The Bertz CT molecular complexity index is 372. The second kappa shape index (κ2) is 9.54. The van der Waals surface area contributed by atoms with Gasteiger partial charge in [-0.05, 0) is 37.9 Å². The van der Waals surface area contributed by atoms with Crippen LogP contribution >= 0.6 is 0 Å². The molecule has 112 valence electrons. The SMILES string of the molecule is CCCC(CCC)C(=O)N(CCCN)c1ccccc1. The molecule has 0 heterocycles. The van der Waals surface area contributed by atoms with Crippen molar-refractivity contribution >= 4 is 11.6 Å². The molecule has 1 aromatic rings. The van der Waals surface area contributed by atoms with Crippen LogP contribution in [0.2, 0.25) is 0 Å². The van der Waals surface area contributed by atoms with E-state index in [-0.39, 0.29) is 11.8 Å². The van der Waals surface area contributed by atoms with Crippen molar-refractivity contribution in [1.82, 2.24) is 0 Å². The van der Waals surface area contributed by atoms with Gasteiger partial charge in [0.1, 0.15) is 0 Å². The third-order valence-electron chi connectivity index (χ3n) is 3.54. The number of carbonyl (C=O) groups is 1. The fourth-order valence-corrected chi connectivity index (χ4v) is 2.53. The molecule has 0 bridgehead atoms. The van der Waals surface area contributed by atoms with E-state index in [9.17, 15) is 4.79 Å². The number of hydrogen-bond donors (Lipinski definition) is 1. The van der Waals surface area contributed by atoms with Gasteiger partial charge in [0.25, 0.3) is 0 Å². The molecule has 0 aliphatic rings. The monoisotopic (exact) mass is 276 g/mol. The molecule has 0 fully saturated rings. The number of rotatable bonds is 9. The minimum absolute atomic E-state index is 0.142. The van der Waals surface area contributed by atoms with Crippen molar-refractivity contribution in [3.63, 3.8) is 0 Å². The second-order valence-corrected chi connectivity index (χ2v) is 5.24. The van der Waals surface area contributed by atoms with Gasteiger partial charge < -0.3 is 10.6 Å². The van der Waals surface area contributed by atoms with Crippen molar-refractivity contribution in [1.29, 1.82) is 0 Å². The van der Waals surface area contributed by atoms with Crippen LogP contribution in [0.15, 0.2) is 30.3 Å². The number of carbonyl (C=O) groups excluding carboxylic acids is 1. The largest absolute Gasteiger partial charge is 0.330 e. The lowest BCUT2D eigenvalue weighted by Gasteiger charge is -2.27. The van der Waals surface area contributed by atoms with E-state index in [1.807, 2.05) is 35.2 Å². The topological polar surface area (TPSA) is 46.3 Å². The highest BCUT2D eigenvalue weighted by Gasteiger charge is 2.23. The molecule has 0 radical (unpaired) electrons. The van der Waals surface area contributed by atoms with Crippen LogP contribution in [0.3, 0.4) is 0 Å². The van der Waals surface area contributed by atoms with Crippen molar-refractivity contribution < 1.29 is 4.79 Å². The highest BCUT2D eigenvalue weighted by Crippen LogP contribution is 2.22. The fraction of sp³-hybridized carbons (Fsp3) is 0.588. The number of hydrogen-bond acceptors (Lipinski definition) is 2. The van der Waals surface area contributed by atoms with Gasteiger partial charge in [0.05, 0.1) is 0 Å². The summed E-state index contributed by atoms with van der Waals surface area (Å²) in [5.41, 5.74) is 6.60. The molecule has 0 spiro atoms. The van der Waals surface area contributed by atoms with Crippen molar-refractivity contribution in [3.8, 4) is 0 Å². The highest BCUT2D eigenvalue weighted by molar-refractivity contribution is 5.95. The molecule has 20 heavy (non-hydrogen) atoms. The maximum Gasteiger partial charge on any atom is 0.230 e. The summed E-state index contributed by atoms with van der Waals surface area (Å²) in [6, 6.07) is 9.94. The van der Waals surface area contributed by atoms with Gasteiger partial charge in [-0.15, -0.1) is 0 Å². The molecular weight excluding hydrogens is 248 g/mol. The quantitative estimate of drug-likeness (QED) is 0.749. The number of anilines is 1. The Balaban J connectivity index is 2.88. The lowest BCUT2D eigenvalue weighted by Crippen LogP contribution is -2.37. The lowest BCUT2D eigenvalue weighted by atomic mass is 9.96. The first kappa shape index (κ1) is 16.7. The van der Waals surface area contributed by atoms with Crippen LogP contribution in [0.25, 0.3) is 0 Å². The van der Waals surface area contributed by atoms with E-state index in [1.165, 1.54) is 0 Å². The van der Waals surface area contributed by atoms with E-state index in [1.54, 1.807) is 0 Å². The van der Waals surface area contributed by atoms with Crippen LogP contribution in [0.1, 0.15) is 46.0 Å². The Labute approximate surface area is 123 Å². The summed E-state index contributed by atoms with van der Waals surface area (Å²) in [5, 5.41) is 0. The van der Waals surface area contributed by atoms with E-state index in [4.69, 9.17) is 5.73 Å². The van der Waals surface area contributed by atoms with E-state index in [0.717, 1.165) is 37.8 Å². The van der Waals surface area contributed by atoms with E-state index in [2.05, 4.69) is 13.8 Å². The lowest BCUT2D eigenvalue weighted by molar-refractivity contribution is -0.122. The van der Waals surface area contributed by atoms with Crippen molar-refractivity contribution in [2.24, 2.45) is 11.7 Å². The summed E-state index contributed by atoms with van der Waals surface area (Å²) >= 11 is 0. The van der Waals surface area contributed by atoms with Crippen molar-refractivity contribution in [3.05, 3.63) is 30.3 Å². The van der Waals surface area contributed by atoms with E-state index >= 15 is 0 Å². The van der Waals surface area contributed by atoms with Gasteiger partial charge in [-0.3, -0.25) is 4.79 Å². The van der Waals surface area contributed by atoms with Gasteiger partial charge in [-0.1, -0.05) is 44.9 Å². The predicted molar refractivity (Wildman–Crippen MR) is 85.8 cm³/mol. The Kier molecular flexibility index (Phi) is 7.97. The highest BCUT2D eigenvalue weighted by atomic mass is 16.2. The first-order valence-electron chi connectivity index (χ1n) is 7.81. The van der Waals surface area contributed by atoms with Gasteiger partial charge in [0.15, 0.2) is 0 Å². The van der Waals surface area contributed by atoms with Crippen LogP contribution in [0.5, 0.6) is 0 Å². The van der Waals surface area contributed by atoms with Crippen LogP contribution in [0, 0.1) is 5.92 Å². The van der Waals surface area contributed by atoms with E-state index < -0.39 is 0 Å². The zero-order valence-corrected chi connectivity index (χ0v) is 12.8. The molecule has 1 rings (SSSR count). The smallest absolute Gasteiger partial charge is 0.230 e. The maximum atomic E-state index is 12.8. The third kappa shape index (κ3) is 4.97. The molecule has 0 aliphatic heterocycles. The minimum atomic E-state index is 0.142. The maximum absolute atomic E-state index is 12.8. The Morgan fingerprint density at radius 1 is 1.15 bits per heavy atom. The van der Waals surface area contributed by atoms with Gasteiger partial charge in [-0.2, -0.15) is 0 Å². The summed E-state index contributed by atoms with van der Waals surface area (Å²) in [7, 11) is 0. The van der Waals surface area contributed by atoms with Crippen molar-refractivity contribution in [2.75, 3.05) is 18.0 Å². The zero-order valence-electron chi connectivity index (χ0n) is 12.8. The fourth-order valence-electron chi connectivity index (χ4n) is 2.53. The average molecular weight is 276 g/mol. The molecule has 1 aromatic carbocycles. The van der Waals surface area contributed by atoms with Crippen LogP contribution in [-0.2, 0) is 4.79 Å². The molecule has 0 aliphatic carbocycles.